The number of anilines is 1. The molecule has 0 aliphatic carbocycles. The number of rotatable bonds is 6. The van der Waals surface area contributed by atoms with E-state index in [1.54, 1.807) is 43.3 Å². The summed E-state index contributed by atoms with van der Waals surface area (Å²) < 4.78 is 22.7. The molecule has 152 valence electrons. The van der Waals surface area contributed by atoms with Crippen molar-refractivity contribution < 1.29 is 18.0 Å². The molecule has 0 saturated carbocycles. The molecule has 29 heavy (non-hydrogen) atoms. The zero-order valence-corrected chi connectivity index (χ0v) is 18.3. The fraction of sp³-hybridized carbons (Fsp3) is 0.111. The Morgan fingerprint density at radius 2 is 1.83 bits per heavy atom. The van der Waals surface area contributed by atoms with Crippen molar-refractivity contribution in [1.82, 2.24) is 5.32 Å². The summed E-state index contributed by atoms with van der Waals surface area (Å²) >= 11 is 8.18. The number of nitrogens with two attached hydrogens (primary N) is 1. The quantitative estimate of drug-likeness (QED) is 0.511. The minimum atomic E-state index is -3.76. The zero-order valence-electron chi connectivity index (χ0n) is 15.1. The van der Waals surface area contributed by atoms with Crippen LogP contribution in [0, 0.1) is 6.92 Å². The maximum atomic E-state index is 12.5. The smallest absolute Gasteiger partial charge is 0.261 e. The first-order valence-electron chi connectivity index (χ1n) is 8.21. The Balaban J connectivity index is 1.66. The van der Waals surface area contributed by atoms with Crippen LogP contribution in [0.5, 0.6) is 0 Å². The fourth-order valence-corrected chi connectivity index (χ4v) is 5.37. The minimum absolute atomic E-state index is 0.0404. The Bertz CT molecular complexity index is 1180. The van der Waals surface area contributed by atoms with Crippen LogP contribution in [0.4, 0.5) is 5.00 Å². The van der Waals surface area contributed by atoms with E-state index in [9.17, 15) is 18.0 Å². The largest absolute Gasteiger partial charge is 0.346 e. The van der Waals surface area contributed by atoms with Gasteiger partial charge in [-0.2, -0.15) is 0 Å². The van der Waals surface area contributed by atoms with Gasteiger partial charge in [0.05, 0.1) is 27.0 Å². The second-order valence-corrected chi connectivity index (χ2v) is 10.4. The number of benzene rings is 1. The lowest BCUT2D eigenvalue weighted by Crippen LogP contribution is -2.21. The summed E-state index contributed by atoms with van der Waals surface area (Å²) in [6, 6.07) is 11.4. The van der Waals surface area contributed by atoms with Gasteiger partial charge < -0.3 is 10.6 Å². The van der Waals surface area contributed by atoms with Gasteiger partial charge in [-0.25, -0.2) is 13.6 Å². The molecule has 0 radical (unpaired) electrons. The molecule has 0 saturated heterocycles. The van der Waals surface area contributed by atoms with Crippen LogP contribution in [-0.2, 0) is 16.6 Å². The first kappa shape index (κ1) is 21.5. The number of carbonyl (C=O) groups excluding carboxylic acids is 2. The van der Waals surface area contributed by atoms with Gasteiger partial charge in [0.25, 0.3) is 11.8 Å². The summed E-state index contributed by atoms with van der Waals surface area (Å²) in [5, 5.41) is 11.4. The van der Waals surface area contributed by atoms with Gasteiger partial charge in [0, 0.05) is 4.88 Å². The van der Waals surface area contributed by atoms with Crippen LogP contribution in [0.1, 0.15) is 30.5 Å². The van der Waals surface area contributed by atoms with E-state index in [4.69, 9.17) is 16.7 Å². The number of primary sulfonamides is 1. The number of hydrogen-bond acceptors (Lipinski definition) is 6. The highest BCUT2D eigenvalue weighted by molar-refractivity contribution is 7.91. The summed E-state index contributed by atoms with van der Waals surface area (Å²) in [6.07, 6.45) is 0. The second-order valence-electron chi connectivity index (χ2n) is 6.01. The third-order valence-electron chi connectivity index (χ3n) is 3.82. The van der Waals surface area contributed by atoms with Crippen LogP contribution in [0.25, 0.3) is 0 Å². The molecular weight excluding hydrogens is 454 g/mol. The second kappa shape index (κ2) is 8.64. The molecule has 11 heteroatoms. The minimum Gasteiger partial charge on any atom is -0.346 e. The first-order valence-corrected chi connectivity index (χ1v) is 11.8. The van der Waals surface area contributed by atoms with Gasteiger partial charge in [0.15, 0.2) is 0 Å². The van der Waals surface area contributed by atoms with Crippen molar-refractivity contribution in [2.24, 2.45) is 5.14 Å². The number of amides is 2. The van der Waals surface area contributed by atoms with Crippen molar-refractivity contribution in [3.8, 4) is 0 Å². The number of sulfonamides is 1. The third-order valence-corrected chi connectivity index (χ3v) is 7.82. The Kier molecular flexibility index (Phi) is 6.39. The van der Waals surface area contributed by atoms with E-state index in [0.717, 1.165) is 22.7 Å². The molecule has 3 rings (SSSR count). The summed E-state index contributed by atoms with van der Waals surface area (Å²) in [5.74, 6) is -0.686. The number of hydrogen-bond donors (Lipinski definition) is 3. The molecule has 7 nitrogen and oxygen atoms in total. The number of nitrogens with one attached hydrogen (secondary N) is 2. The number of aryl methyl sites for hydroxylation is 1. The third kappa shape index (κ3) is 5.22. The van der Waals surface area contributed by atoms with Gasteiger partial charge >= 0.3 is 0 Å². The highest BCUT2D eigenvalue weighted by Gasteiger charge is 2.17. The molecule has 2 aromatic heterocycles. The molecule has 0 fully saturated rings. The van der Waals surface area contributed by atoms with Crippen molar-refractivity contribution in [1.29, 1.82) is 0 Å². The summed E-state index contributed by atoms with van der Waals surface area (Å²) in [5.41, 5.74) is 1.05. The lowest BCUT2D eigenvalue weighted by atomic mass is 10.2. The van der Waals surface area contributed by atoms with Crippen LogP contribution in [-0.4, -0.2) is 20.2 Å². The highest BCUT2D eigenvalue weighted by Crippen LogP contribution is 2.28. The van der Waals surface area contributed by atoms with E-state index in [1.807, 2.05) is 0 Å². The molecule has 0 aliphatic rings. The lowest BCUT2D eigenvalue weighted by molar-refractivity contribution is 0.0953. The average molecular weight is 470 g/mol. The van der Waals surface area contributed by atoms with Gasteiger partial charge in [0.1, 0.15) is 4.21 Å². The van der Waals surface area contributed by atoms with E-state index >= 15 is 0 Å². The number of halogens is 1. The zero-order chi connectivity index (χ0) is 21.2. The van der Waals surface area contributed by atoms with Crippen molar-refractivity contribution in [2.45, 2.75) is 17.7 Å². The van der Waals surface area contributed by atoms with Gasteiger partial charge in [-0.05, 0) is 42.8 Å². The van der Waals surface area contributed by atoms with Crippen LogP contribution >= 0.6 is 34.3 Å². The molecule has 0 unspecified atom stereocenters. The molecule has 1 aromatic carbocycles. The van der Waals surface area contributed by atoms with Crippen LogP contribution in [0.15, 0.2) is 46.7 Å². The summed E-state index contributed by atoms with van der Waals surface area (Å²) in [7, 11) is -3.76. The summed E-state index contributed by atoms with van der Waals surface area (Å²) in [4.78, 5) is 26.0. The average Bonchev–Trinajstić information content (AvgIpc) is 3.26. The van der Waals surface area contributed by atoms with E-state index in [1.165, 1.54) is 6.07 Å². The molecule has 2 heterocycles. The van der Waals surface area contributed by atoms with Gasteiger partial charge in [-0.3, -0.25) is 9.59 Å². The molecule has 2 amide bonds. The maximum absolute atomic E-state index is 12.5. The first-order chi connectivity index (χ1) is 13.6. The molecule has 0 atom stereocenters. The molecule has 0 spiro atoms. The lowest BCUT2D eigenvalue weighted by Gasteiger charge is -2.04. The highest BCUT2D eigenvalue weighted by atomic mass is 35.5. The standard InChI is InChI=1S/C18H16ClN3O4S3/c1-10-8-14(22-17(23)12-4-2-3-5-13(12)19)28-16(10)18(24)21-9-11-6-7-15(27-11)29(20,25)26/h2-8H,9H2,1H3,(H,21,24)(H,22,23)(H2,20,25,26). The monoisotopic (exact) mass is 469 g/mol. The van der Waals surface area contributed by atoms with Crippen molar-refractivity contribution >= 4 is 61.1 Å². The number of thiophene rings is 2. The Hall–Kier alpha value is -2.24. The van der Waals surface area contributed by atoms with E-state index in [-0.39, 0.29) is 22.6 Å². The van der Waals surface area contributed by atoms with Crippen molar-refractivity contribution in [3.63, 3.8) is 0 Å². The van der Waals surface area contributed by atoms with Crippen LogP contribution in [0.3, 0.4) is 0 Å². The van der Waals surface area contributed by atoms with Gasteiger partial charge in [-0.15, -0.1) is 22.7 Å². The molecular formula is C18H16ClN3O4S3. The van der Waals surface area contributed by atoms with E-state index in [2.05, 4.69) is 10.6 Å². The molecule has 4 N–H and O–H groups in total. The number of carbonyl (C=O) groups is 2. The normalized spacial score (nSPS) is 11.3. The predicted octanol–water partition coefficient (Wildman–Crippen LogP) is 3.60. The molecule has 0 bridgehead atoms. The Morgan fingerprint density at radius 1 is 1.10 bits per heavy atom. The van der Waals surface area contributed by atoms with Crippen LogP contribution < -0.4 is 15.8 Å². The van der Waals surface area contributed by atoms with Crippen LogP contribution in [0.2, 0.25) is 5.02 Å². The van der Waals surface area contributed by atoms with Crippen molar-refractivity contribution in [3.05, 3.63) is 68.4 Å². The Morgan fingerprint density at radius 3 is 2.48 bits per heavy atom. The SMILES string of the molecule is Cc1cc(NC(=O)c2ccccc2Cl)sc1C(=O)NCc1ccc(S(N)(=O)=O)s1. The van der Waals surface area contributed by atoms with Gasteiger partial charge in [-0.1, -0.05) is 23.7 Å². The maximum Gasteiger partial charge on any atom is 0.261 e. The summed E-state index contributed by atoms with van der Waals surface area (Å²) in [6.45, 7) is 1.93. The predicted molar refractivity (Wildman–Crippen MR) is 115 cm³/mol. The van der Waals surface area contributed by atoms with E-state index < -0.39 is 10.0 Å². The van der Waals surface area contributed by atoms with E-state index in [0.29, 0.717) is 30.9 Å². The van der Waals surface area contributed by atoms with Gasteiger partial charge in [0.2, 0.25) is 10.0 Å². The molecule has 3 aromatic rings. The van der Waals surface area contributed by atoms with Crippen molar-refractivity contribution in [2.75, 3.05) is 5.32 Å². The topological polar surface area (TPSA) is 118 Å². The fourth-order valence-electron chi connectivity index (χ4n) is 2.45. The molecule has 0 aliphatic heterocycles. The Labute approximate surface area is 180 Å².